The van der Waals surface area contributed by atoms with Gasteiger partial charge in [0.25, 0.3) is 0 Å². The molecule has 2 rings (SSSR count). The monoisotopic (exact) mass is 253 g/mol. The van der Waals surface area contributed by atoms with E-state index in [1.54, 1.807) is 12.1 Å². The minimum atomic E-state index is -0.853. The van der Waals surface area contributed by atoms with Crippen molar-refractivity contribution < 1.29 is 10.2 Å². The van der Waals surface area contributed by atoms with Crippen molar-refractivity contribution in [3.05, 3.63) is 22.6 Å². The number of fused-ring (bicyclic) bond motifs is 1. The maximum atomic E-state index is 11.4. The van der Waals surface area contributed by atoms with Gasteiger partial charge in [0, 0.05) is 0 Å². The van der Waals surface area contributed by atoms with Gasteiger partial charge in [-0.15, -0.1) is 5.10 Å². The van der Waals surface area contributed by atoms with Crippen molar-refractivity contribution in [3.63, 3.8) is 0 Å². The molecule has 0 spiro atoms. The van der Waals surface area contributed by atoms with Crippen LogP contribution in [0.5, 0.6) is 0 Å². The summed E-state index contributed by atoms with van der Waals surface area (Å²) in [6.07, 6.45) is 0.514. The molecule has 0 amide bonds. The zero-order valence-electron chi connectivity index (χ0n) is 9.92. The Labute approximate surface area is 102 Å². The molecule has 2 heterocycles. The second kappa shape index (κ2) is 4.75. The SMILES string of the molecule is CCC(CO)(CO)Nc1ccc2n[nH]c(=O)n2n1. The first-order valence-electron chi connectivity index (χ1n) is 5.58. The molecule has 0 atom stereocenters. The van der Waals surface area contributed by atoms with E-state index in [0.717, 1.165) is 4.52 Å². The zero-order chi connectivity index (χ0) is 13.2. The molecule has 0 fully saturated rings. The molecule has 0 aromatic carbocycles. The lowest BCUT2D eigenvalue weighted by Gasteiger charge is -2.30. The van der Waals surface area contributed by atoms with Crippen molar-refractivity contribution in [1.29, 1.82) is 0 Å². The van der Waals surface area contributed by atoms with E-state index in [0.29, 0.717) is 17.9 Å². The molecule has 0 aliphatic carbocycles. The molecule has 2 aromatic heterocycles. The standard InChI is InChI=1S/C10H15N5O3/c1-2-10(5-16,6-17)11-7-3-4-8-12-13-9(18)15(8)14-7/h3-4,16-17H,2,5-6H2,1H3,(H,11,14)(H,13,18). The maximum Gasteiger partial charge on any atom is 0.364 e. The van der Waals surface area contributed by atoms with E-state index in [-0.39, 0.29) is 13.2 Å². The molecule has 8 heteroatoms. The van der Waals surface area contributed by atoms with Crippen LogP contribution in [0.3, 0.4) is 0 Å². The number of H-pyrrole nitrogens is 1. The van der Waals surface area contributed by atoms with Gasteiger partial charge < -0.3 is 15.5 Å². The third kappa shape index (κ3) is 2.07. The number of aromatic nitrogens is 4. The predicted octanol–water partition coefficient (Wildman–Crippen LogP) is -1.04. The number of aliphatic hydroxyl groups excluding tert-OH is 2. The second-order valence-electron chi connectivity index (χ2n) is 4.09. The van der Waals surface area contributed by atoms with Crippen LogP contribution in [0.1, 0.15) is 13.3 Å². The van der Waals surface area contributed by atoms with Crippen LogP contribution in [0, 0.1) is 0 Å². The summed E-state index contributed by atoms with van der Waals surface area (Å²) < 4.78 is 1.11. The van der Waals surface area contributed by atoms with Crippen molar-refractivity contribution >= 4 is 11.5 Å². The van der Waals surface area contributed by atoms with E-state index in [4.69, 9.17) is 0 Å². The van der Waals surface area contributed by atoms with Gasteiger partial charge in [-0.05, 0) is 18.6 Å². The number of nitrogens with one attached hydrogen (secondary N) is 2. The Morgan fingerprint density at radius 1 is 1.44 bits per heavy atom. The van der Waals surface area contributed by atoms with Gasteiger partial charge in [0.05, 0.1) is 18.8 Å². The fourth-order valence-corrected chi connectivity index (χ4v) is 1.58. The number of rotatable bonds is 5. The third-order valence-electron chi connectivity index (χ3n) is 2.95. The lowest BCUT2D eigenvalue weighted by Crippen LogP contribution is -2.45. The zero-order valence-corrected chi connectivity index (χ0v) is 9.92. The summed E-state index contributed by atoms with van der Waals surface area (Å²) in [5, 5.41) is 31.7. The molecule has 8 nitrogen and oxygen atoms in total. The highest BCUT2D eigenvalue weighted by Gasteiger charge is 2.26. The molecule has 0 saturated carbocycles. The van der Waals surface area contributed by atoms with Crippen LogP contribution in [-0.2, 0) is 0 Å². The van der Waals surface area contributed by atoms with E-state index in [2.05, 4.69) is 20.6 Å². The van der Waals surface area contributed by atoms with Crippen LogP contribution in [0.2, 0.25) is 0 Å². The van der Waals surface area contributed by atoms with Crippen LogP contribution < -0.4 is 11.0 Å². The number of hydrogen-bond acceptors (Lipinski definition) is 6. The van der Waals surface area contributed by atoms with E-state index >= 15 is 0 Å². The van der Waals surface area contributed by atoms with Crippen LogP contribution in [0.15, 0.2) is 16.9 Å². The van der Waals surface area contributed by atoms with Crippen molar-refractivity contribution in [2.45, 2.75) is 18.9 Å². The molecule has 0 radical (unpaired) electrons. The summed E-state index contributed by atoms with van der Waals surface area (Å²) in [5.41, 5.74) is -0.891. The average Bonchev–Trinajstić information content (AvgIpc) is 2.78. The van der Waals surface area contributed by atoms with Gasteiger partial charge in [0.15, 0.2) is 5.65 Å². The predicted molar refractivity (Wildman–Crippen MR) is 64.4 cm³/mol. The van der Waals surface area contributed by atoms with Crippen molar-refractivity contribution in [1.82, 2.24) is 19.8 Å². The van der Waals surface area contributed by atoms with Crippen LogP contribution >= 0.6 is 0 Å². The average molecular weight is 253 g/mol. The largest absolute Gasteiger partial charge is 0.394 e. The van der Waals surface area contributed by atoms with Crippen molar-refractivity contribution in [2.24, 2.45) is 0 Å². The van der Waals surface area contributed by atoms with Gasteiger partial charge in [0.2, 0.25) is 0 Å². The highest BCUT2D eigenvalue weighted by atomic mass is 16.3. The van der Waals surface area contributed by atoms with Gasteiger partial charge in [-0.2, -0.15) is 9.61 Å². The van der Waals surface area contributed by atoms with Gasteiger partial charge in [-0.1, -0.05) is 6.92 Å². The summed E-state index contributed by atoms with van der Waals surface area (Å²) in [5.74, 6) is 0.385. The highest BCUT2D eigenvalue weighted by Crippen LogP contribution is 2.16. The summed E-state index contributed by atoms with van der Waals surface area (Å²) in [4.78, 5) is 11.4. The summed E-state index contributed by atoms with van der Waals surface area (Å²) in [6.45, 7) is 1.36. The third-order valence-corrected chi connectivity index (χ3v) is 2.95. The molecule has 4 N–H and O–H groups in total. The van der Waals surface area contributed by atoms with Crippen LogP contribution in [0.4, 0.5) is 5.82 Å². The topological polar surface area (TPSA) is 116 Å². The van der Waals surface area contributed by atoms with Crippen molar-refractivity contribution in [3.8, 4) is 0 Å². The fourth-order valence-electron chi connectivity index (χ4n) is 1.58. The Kier molecular flexibility index (Phi) is 3.30. The molecule has 2 aromatic rings. The van der Waals surface area contributed by atoms with Gasteiger partial charge in [0.1, 0.15) is 5.82 Å². The minimum Gasteiger partial charge on any atom is -0.394 e. The fraction of sp³-hybridized carbons (Fsp3) is 0.500. The number of anilines is 1. The molecule has 18 heavy (non-hydrogen) atoms. The van der Waals surface area contributed by atoms with Gasteiger partial charge in [-0.25, -0.2) is 9.89 Å². The summed E-state index contributed by atoms with van der Waals surface area (Å²) in [6, 6.07) is 3.24. The molecule has 98 valence electrons. The molecular weight excluding hydrogens is 238 g/mol. The summed E-state index contributed by atoms with van der Waals surface area (Å²) in [7, 11) is 0. The molecule has 0 aliphatic heterocycles. The number of hydrogen-bond donors (Lipinski definition) is 4. The quantitative estimate of drug-likeness (QED) is 0.541. The van der Waals surface area contributed by atoms with E-state index < -0.39 is 11.2 Å². The molecular formula is C10H15N5O3. The summed E-state index contributed by atoms with van der Waals surface area (Å²) >= 11 is 0. The molecule has 0 saturated heterocycles. The Balaban J connectivity index is 2.36. The molecule has 0 unspecified atom stereocenters. The van der Waals surface area contributed by atoms with E-state index in [1.807, 2.05) is 6.92 Å². The normalized spacial score (nSPS) is 11.9. The van der Waals surface area contributed by atoms with Crippen molar-refractivity contribution in [2.75, 3.05) is 18.5 Å². The smallest absolute Gasteiger partial charge is 0.364 e. The van der Waals surface area contributed by atoms with Gasteiger partial charge >= 0.3 is 5.69 Å². The van der Waals surface area contributed by atoms with Gasteiger partial charge in [-0.3, -0.25) is 0 Å². The lowest BCUT2D eigenvalue weighted by atomic mass is 9.98. The number of aliphatic hydroxyl groups is 2. The first-order chi connectivity index (χ1) is 8.64. The Morgan fingerprint density at radius 3 is 2.78 bits per heavy atom. The Morgan fingerprint density at radius 2 is 2.17 bits per heavy atom. The van der Waals surface area contributed by atoms with E-state index in [9.17, 15) is 15.0 Å². The first kappa shape index (κ1) is 12.5. The Bertz CT molecular complexity index is 578. The lowest BCUT2D eigenvalue weighted by molar-refractivity contribution is 0.132. The van der Waals surface area contributed by atoms with Crippen LogP contribution in [-0.4, -0.2) is 48.8 Å². The minimum absolute atomic E-state index is 0.236. The van der Waals surface area contributed by atoms with E-state index in [1.165, 1.54) is 0 Å². The highest BCUT2D eigenvalue weighted by molar-refractivity contribution is 5.44. The maximum absolute atomic E-state index is 11.4. The first-order valence-corrected chi connectivity index (χ1v) is 5.58. The van der Waals surface area contributed by atoms with Crippen LogP contribution in [0.25, 0.3) is 5.65 Å². The molecule has 0 bridgehead atoms. The molecule has 0 aliphatic rings. The second-order valence-corrected chi connectivity index (χ2v) is 4.09. The number of nitrogens with zero attached hydrogens (tertiary/aromatic N) is 3. The Hall–Kier alpha value is -1.93. The number of aromatic amines is 1.